The number of anilines is 1. The van der Waals surface area contributed by atoms with Gasteiger partial charge in [0.2, 0.25) is 18.6 Å². The largest absolute Gasteiger partial charge is 0.497 e. The van der Waals surface area contributed by atoms with Crippen LogP contribution in [0.15, 0.2) is 46.9 Å². The molecule has 8 nitrogen and oxygen atoms in total. The molecule has 26 heavy (non-hydrogen) atoms. The standard InChI is InChI=1S/C18H15N3O5/c1-23-13-5-2-11(3-6-13)8-16(22)19-18-21-20-17(26-18)12-4-7-14-15(9-12)25-10-24-14/h2-7,9H,8,10H2,1H3,(H,19,21,22). The van der Waals surface area contributed by atoms with Crippen LogP contribution < -0.4 is 19.5 Å². The summed E-state index contributed by atoms with van der Waals surface area (Å²) in [6.07, 6.45) is 0.186. The van der Waals surface area contributed by atoms with Gasteiger partial charge >= 0.3 is 6.01 Å². The van der Waals surface area contributed by atoms with Crippen LogP contribution in [0.1, 0.15) is 5.56 Å². The first-order valence-corrected chi connectivity index (χ1v) is 7.87. The van der Waals surface area contributed by atoms with E-state index in [2.05, 4.69) is 15.5 Å². The molecule has 4 rings (SSSR count). The number of methoxy groups -OCH3 is 1. The summed E-state index contributed by atoms with van der Waals surface area (Å²) >= 11 is 0. The van der Waals surface area contributed by atoms with Crippen LogP contribution in [0.5, 0.6) is 17.2 Å². The molecule has 1 aliphatic rings. The van der Waals surface area contributed by atoms with Crippen molar-refractivity contribution in [2.75, 3.05) is 19.2 Å². The van der Waals surface area contributed by atoms with Crippen molar-refractivity contribution in [3.05, 3.63) is 48.0 Å². The molecule has 0 fully saturated rings. The summed E-state index contributed by atoms with van der Waals surface area (Å²) in [5.74, 6) is 2.05. The van der Waals surface area contributed by atoms with Crippen LogP contribution in [-0.4, -0.2) is 30.0 Å². The van der Waals surface area contributed by atoms with Gasteiger partial charge in [0.05, 0.1) is 13.5 Å². The van der Waals surface area contributed by atoms with Gasteiger partial charge in [-0.15, -0.1) is 5.10 Å². The van der Waals surface area contributed by atoms with E-state index in [4.69, 9.17) is 18.6 Å². The second-order valence-electron chi connectivity index (χ2n) is 5.55. The van der Waals surface area contributed by atoms with Crippen LogP contribution in [0, 0.1) is 0 Å². The second-order valence-corrected chi connectivity index (χ2v) is 5.55. The third-order valence-corrected chi connectivity index (χ3v) is 3.81. The van der Waals surface area contributed by atoms with Gasteiger partial charge in [0.15, 0.2) is 11.5 Å². The first-order chi connectivity index (χ1) is 12.7. The smallest absolute Gasteiger partial charge is 0.322 e. The number of amides is 1. The molecule has 2 aromatic carbocycles. The van der Waals surface area contributed by atoms with Crippen LogP contribution in [0.25, 0.3) is 11.5 Å². The molecule has 0 unspecified atom stereocenters. The van der Waals surface area contributed by atoms with Gasteiger partial charge in [-0.3, -0.25) is 10.1 Å². The van der Waals surface area contributed by atoms with Crippen molar-refractivity contribution in [2.24, 2.45) is 0 Å². The molecule has 1 aromatic heterocycles. The maximum Gasteiger partial charge on any atom is 0.322 e. The lowest BCUT2D eigenvalue weighted by Crippen LogP contribution is -2.14. The maximum atomic E-state index is 12.1. The van der Waals surface area contributed by atoms with Crippen LogP contribution in [0.3, 0.4) is 0 Å². The molecule has 0 saturated carbocycles. The zero-order chi connectivity index (χ0) is 17.9. The minimum atomic E-state index is -0.254. The van der Waals surface area contributed by atoms with Gasteiger partial charge in [-0.25, -0.2) is 0 Å². The molecule has 1 aliphatic heterocycles. The minimum absolute atomic E-state index is 0.0381. The fourth-order valence-electron chi connectivity index (χ4n) is 2.51. The Morgan fingerprint density at radius 3 is 2.73 bits per heavy atom. The topological polar surface area (TPSA) is 95.7 Å². The third-order valence-electron chi connectivity index (χ3n) is 3.81. The van der Waals surface area contributed by atoms with E-state index < -0.39 is 0 Å². The van der Waals surface area contributed by atoms with E-state index in [-0.39, 0.29) is 31.0 Å². The zero-order valence-electron chi connectivity index (χ0n) is 13.9. The molecule has 1 amide bonds. The normalized spacial score (nSPS) is 12.0. The highest BCUT2D eigenvalue weighted by Crippen LogP contribution is 2.35. The lowest BCUT2D eigenvalue weighted by molar-refractivity contribution is -0.115. The Balaban J connectivity index is 1.42. The maximum absolute atomic E-state index is 12.1. The van der Waals surface area contributed by atoms with Gasteiger partial charge in [-0.2, -0.15) is 0 Å². The zero-order valence-corrected chi connectivity index (χ0v) is 13.9. The molecule has 132 valence electrons. The van der Waals surface area contributed by atoms with E-state index >= 15 is 0 Å². The molecule has 0 spiro atoms. The van der Waals surface area contributed by atoms with Gasteiger partial charge in [0, 0.05) is 5.56 Å². The van der Waals surface area contributed by atoms with Crippen LogP contribution >= 0.6 is 0 Å². The highest BCUT2D eigenvalue weighted by molar-refractivity contribution is 5.90. The Morgan fingerprint density at radius 2 is 1.92 bits per heavy atom. The van der Waals surface area contributed by atoms with E-state index in [1.54, 1.807) is 37.4 Å². The Morgan fingerprint density at radius 1 is 1.12 bits per heavy atom. The Hall–Kier alpha value is -3.55. The number of nitrogens with one attached hydrogen (secondary N) is 1. The second kappa shape index (κ2) is 6.75. The summed E-state index contributed by atoms with van der Waals surface area (Å²) in [5.41, 5.74) is 1.52. The molecule has 0 radical (unpaired) electrons. The quantitative estimate of drug-likeness (QED) is 0.753. The SMILES string of the molecule is COc1ccc(CC(=O)Nc2nnc(-c3ccc4c(c3)OCO4)o2)cc1. The van der Waals surface area contributed by atoms with E-state index in [1.165, 1.54) is 0 Å². The van der Waals surface area contributed by atoms with E-state index in [1.807, 2.05) is 12.1 Å². The predicted octanol–water partition coefficient (Wildman–Crippen LogP) is 2.66. The van der Waals surface area contributed by atoms with Crippen LogP contribution in [0.2, 0.25) is 0 Å². The van der Waals surface area contributed by atoms with Crippen molar-refractivity contribution in [1.29, 1.82) is 0 Å². The van der Waals surface area contributed by atoms with Gasteiger partial charge < -0.3 is 18.6 Å². The molecule has 3 aromatic rings. The summed E-state index contributed by atoms with van der Waals surface area (Å²) in [5, 5.41) is 10.4. The average molecular weight is 353 g/mol. The fourth-order valence-corrected chi connectivity index (χ4v) is 2.51. The molecule has 0 atom stereocenters. The number of hydrogen-bond acceptors (Lipinski definition) is 7. The molecular formula is C18H15N3O5. The summed E-state index contributed by atoms with van der Waals surface area (Å²) in [6.45, 7) is 0.190. The number of ether oxygens (including phenoxy) is 3. The van der Waals surface area contributed by atoms with Crippen molar-refractivity contribution in [3.8, 4) is 28.7 Å². The van der Waals surface area contributed by atoms with E-state index in [0.29, 0.717) is 17.1 Å². The molecule has 8 heteroatoms. The van der Waals surface area contributed by atoms with Crippen LogP contribution in [-0.2, 0) is 11.2 Å². The number of fused-ring (bicyclic) bond motifs is 1. The summed E-state index contributed by atoms with van der Waals surface area (Å²) in [6, 6.07) is 12.6. The summed E-state index contributed by atoms with van der Waals surface area (Å²) < 4.78 is 21.2. The first-order valence-electron chi connectivity index (χ1n) is 7.87. The number of hydrogen-bond donors (Lipinski definition) is 1. The highest BCUT2D eigenvalue weighted by atomic mass is 16.7. The molecule has 0 aliphatic carbocycles. The number of aromatic nitrogens is 2. The number of nitrogens with zero attached hydrogens (tertiary/aromatic N) is 2. The van der Waals surface area contributed by atoms with Crippen molar-refractivity contribution in [1.82, 2.24) is 10.2 Å². The Bertz CT molecular complexity index is 936. The molecule has 0 saturated heterocycles. The first kappa shape index (κ1) is 15.9. The Labute approximate surface area is 148 Å². The predicted molar refractivity (Wildman–Crippen MR) is 91.2 cm³/mol. The van der Waals surface area contributed by atoms with Crippen molar-refractivity contribution in [2.45, 2.75) is 6.42 Å². The lowest BCUT2D eigenvalue weighted by atomic mass is 10.1. The van der Waals surface area contributed by atoms with E-state index in [9.17, 15) is 4.79 Å². The number of carbonyl (C=O) groups excluding carboxylic acids is 1. The van der Waals surface area contributed by atoms with E-state index in [0.717, 1.165) is 11.3 Å². The lowest BCUT2D eigenvalue weighted by Gasteiger charge is -2.03. The number of carbonyl (C=O) groups is 1. The number of benzene rings is 2. The highest BCUT2D eigenvalue weighted by Gasteiger charge is 2.17. The summed E-state index contributed by atoms with van der Waals surface area (Å²) in [4.78, 5) is 12.1. The van der Waals surface area contributed by atoms with Gasteiger partial charge in [0.1, 0.15) is 5.75 Å². The molecular weight excluding hydrogens is 338 g/mol. The molecule has 0 bridgehead atoms. The van der Waals surface area contributed by atoms with Crippen molar-refractivity contribution >= 4 is 11.9 Å². The average Bonchev–Trinajstić information content (AvgIpc) is 3.30. The number of rotatable bonds is 5. The Kier molecular flexibility index (Phi) is 4.14. The molecule has 2 heterocycles. The minimum Gasteiger partial charge on any atom is -0.497 e. The van der Waals surface area contributed by atoms with Crippen molar-refractivity contribution in [3.63, 3.8) is 0 Å². The van der Waals surface area contributed by atoms with Crippen molar-refractivity contribution < 1.29 is 23.4 Å². The molecule has 1 N–H and O–H groups in total. The third kappa shape index (κ3) is 3.30. The van der Waals surface area contributed by atoms with Gasteiger partial charge in [-0.05, 0) is 35.9 Å². The monoisotopic (exact) mass is 353 g/mol. The summed E-state index contributed by atoms with van der Waals surface area (Å²) in [7, 11) is 1.59. The van der Waals surface area contributed by atoms with Crippen LogP contribution in [0.4, 0.5) is 6.01 Å². The fraction of sp³-hybridized carbons (Fsp3) is 0.167. The van der Waals surface area contributed by atoms with Gasteiger partial charge in [-0.1, -0.05) is 17.2 Å². The van der Waals surface area contributed by atoms with Gasteiger partial charge in [0.25, 0.3) is 0 Å².